The van der Waals surface area contributed by atoms with Crippen LogP contribution in [0.4, 0.5) is 0 Å². The number of rotatable bonds is 6. The van der Waals surface area contributed by atoms with E-state index in [0.29, 0.717) is 6.61 Å². The summed E-state index contributed by atoms with van der Waals surface area (Å²) >= 11 is 5.41. The van der Waals surface area contributed by atoms with Crippen LogP contribution in [0.2, 0.25) is 0 Å². The first kappa shape index (κ1) is 17.0. The molecular weight excluding hydrogens is 298 g/mol. The van der Waals surface area contributed by atoms with Crippen molar-refractivity contribution in [3.8, 4) is 5.75 Å². The molecule has 0 radical (unpaired) electrons. The third-order valence-corrected chi connectivity index (χ3v) is 4.18. The summed E-state index contributed by atoms with van der Waals surface area (Å²) in [6.45, 7) is 6.35. The van der Waals surface area contributed by atoms with Crippen LogP contribution in [-0.4, -0.2) is 68.5 Å². The second-order valence-electron chi connectivity index (χ2n) is 5.34. The maximum Gasteiger partial charge on any atom is 0.169 e. The molecule has 0 saturated carbocycles. The topological polar surface area (TPSA) is 37.0 Å². The Hall–Kier alpha value is -1.37. The number of thiocarbonyl (C=S) groups is 1. The minimum Gasteiger partial charge on any atom is -0.497 e. The number of hydrogen-bond donors (Lipinski definition) is 1. The number of ether oxygens (including phenoxy) is 2. The van der Waals surface area contributed by atoms with Crippen LogP contribution in [0.1, 0.15) is 5.56 Å². The zero-order valence-electron chi connectivity index (χ0n) is 13.4. The molecular formula is C16H25N3O2S. The Morgan fingerprint density at radius 3 is 2.68 bits per heavy atom. The molecule has 0 amide bonds. The number of nitrogens with one attached hydrogen (secondary N) is 1. The van der Waals surface area contributed by atoms with Crippen molar-refractivity contribution >= 4 is 17.3 Å². The van der Waals surface area contributed by atoms with Crippen LogP contribution < -0.4 is 10.1 Å². The molecule has 22 heavy (non-hydrogen) atoms. The van der Waals surface area contributed by atoms with Crippen molar-refractivity contribution < 1.29 is 9.47 Å². The normalized spacial score (nSPS) is 15.6. The lowest BCUT2D eigenvalue weighted by Crippen LogP contribution is -2.51. The molecule has 5 nitrogen and oxygen atoms in total. The molecule has 122 valence electrons. The molecule has 1 N–H and O–H groups in total. The average Bonchev–Trinajstić information content (AvgIpc) is 2.56. The highest BCUT2D eigenvalue weighted by Crippen LogP contribution is 2.15. The van der Waals surface area contributed by atoms with Gasteiger partial charge in [0, 0.05) is 46.4 Å². The van der Waals surface area contributed by atoms with E-state index < -0.39 is 0 Å². The molecule has 1 heterocycles. The molecule has 1 aromatic rings. The maximum absolute atomic E-state index is 5.41. The van der Waals surface area contributed by atoms with Gasteiger partial charge in [-0.15, -0.1) is 0 Å². The summed E-state index contributed by atoms with van der Waals surface area (Å²) in [6, 6.07) is 8.26. The predicted molar refractivity (Wildman–Crippen MR) is 92.3 cm³/mol. The Kier molecular flexibility index (Phi) is 6.89. The third kappa shape index (κ3) is 5.12. The van der Waals surface area contributed by atoms with Gasteiger partial charge < -0.3 is 19.7 Å². The smallest absolute Gasteiger partial charge is 0.169 e. The van der Waals surface area contributed by atoms with E-state index in [1.165, 1.54) is 5.56 Å². The van der Waals surface area contributed by atoms with Crippen molar-refractivity contribution in [1.29, 1.82) is 0 Å². The molecule has 6 heteroatoms. The van der Waals surface area contributed by atoms with E-state index in [-0.39, 0.29) is 0 Å². The van der Waals surface area contributed by atoms with Gasteiger partial charge in [-0.05, 0) is 29.9 Å². The van der Waals surface area contributed by atoms with Crippen LogP contribution >= 0.6 is 12.2 Å². The number of benzene rings is 1. The number of nitrogens with zero attached hydrogens (tertiary/aromatic N) is 2. The lowest BCUT2D eigenvalue weighted by atomic mass is 10.2. The summed E-state index contributed by atoms with van der Waals surface area (Å²) in [7, 11) is 3.40. The minimum absolute atomic E-state index is 0.677. The minimum atomic E-state index is 0.677. The van der Waals surface area contributed by atoms with Crippen LogP contribution in [-0.2, 0) is 11.3 Å². The van der Waals surface area contributed by atoms with Gasteiger partial charge in [0.25, 0.3) is 0 Å². The zero-order valence-corrected chi connectivity index (χ0v) is 14.2. The van der Waals surface area contributed by atoms with Gasteiger partial charge in [-0.1, -0.05) is 12.1 Å². The van der Waals surface area contributed by atoms with Crippen LogP contribution in [0.5, 0.6) is 5.75 Å². The average molecular weight is 323 g/mol. The van der Waals surface area contributed by atoms with Crippen LogP contribution in [0.25, 0.3) is 0 Å². The van der Waals surface area contributed by atoms with Gasteiger partial charge >= 0.3 is 0 Å². The first-order valence-corrected chi connectivity index (χ1v) is 8.00. The highest BCUT2D eigenvalue weighted by molar-refractivity contribution is 7.80. The van der Waals surface area contributed by atoms with E-state index in [1.54, 1.807) is 14.2 Å². The van der Waals surface area contributed by atoms with E-state index in [9.17, 15) is 0 Å². The lowest BCUT2D eigenvalue weighted by molar-refractivity contribution is 0.172. The van der Waals surface area contributed by atoms with E-state index in [2.05, 4.69) is 27.2 Å². The molecule has 0 atom stereocenters. The molecule has 2 rings (SSSR count). The maximum atomic E-state index is 5.41. The highest BCUT2D eigenvalue weighted by atomic mass is 32.1. The largest absolute Gasteiger partial charge is 0.497 e. The fourth-order valence-corrected chi connectivity index (χ4v) is 2.79. The lowest BCUT2D eigenvalue weighted by Gasteiger charge is -2.36. The van der Waals surface area contributed by atoms with Gasteiger partial charge in [0.2, 0.25) is 0 Å². The Balaban J connectivity index is 1.75. The molecule has 0 aliphatic carbocycles. The Bertz CT molecular complexity index is 476. The van der Waals surface area contributed by atoms with E-state index in [1.807, 2.05) is 12.1 Å². The second-order valence-corrected chi connectivity index (χ2v) is 5.73. The molecule has 0 unspecified atom stereocenters. The second kappa shape index (κ2) is 8.92. The Morgan fingerprint density at radius 2 is 2.00 bits per heavy atom. The quantitative estimate of drug-likeness (QED) is 0.629. The molecule has 1 fully saturated rings. The number of hydrogen-bond acceptors (Lipinski definition) is 4. The van der Waals surface area contributed by atoms with Crippen molar-refractivity contribution in [2.75, 3.05) is 53.6 Å². The van der Waals surface area contributed by atoms with Gasteiger partial charge in [0.15, 0.2) is 5.11 Å². The SMILES string of the molecule is COCCNC(=S)N1CCN(Cc2cccc(OC)c2)CC1. The van der Waals surface area contributed by atoms with Crippen molar-refractivity contribution in [3.63, 3.8) is 0 Å². The summed E-state index contributed by atoms with van der Waals surface area (Å²) < 4.78 is 10.3. The van der Waals surface area contributed by atoms with Crippen LogP contribution in [0, 0.1) is 0 Å². The summed E-state index contributed by atoms with van der Waals surface area (Å²) in [5.74, 6) is 0.916. The Labute approximate surface area is 138 Å². The zero-order chi connectivity index (χ0) is 15.8. The van der Waals surface area contributed by atoms with Crippen LogP contribution in [0.3, 0.4) is 0 Å². The number of methoxy groups -OCH3 is 2. The van der Waals surface area contributed by atoms with Gasteiger partial charge in [-0.3, -0.25) is 4.90 Å². The first-order chi connectivity index (χ1) is 10.7. The van der Waals surface area contributed by atoms with Crippen molar-refractivity contribution in [2.45, 2.75) is 6.54 Å². The summed E-state index contributed by atoms with van der Waals surface area (Å²) in [5.41, 5.74) is 1.29. The van der Waals surface area contributed by atoms with Gasteiger partial charge in [0.1, 0.15) is 5.75 Å². The summed E-state index contributed by atoms with van der Waals surface area (Å²) in [4.78, 5) is 4.68. The molecule has 0 aromatic heterocycles. The van der Waals surface area contributed by atoms with E-state index in [4.69, 9.17) is 21.7 Å². The Morgan fingerprint density at radius 1 is 1.23 bits per heavy atom. The molecule has 1 aliphatic heterocycles. The standard InChI is InChI=1S/C16H25N3O2S/c1-20-11-6-17-16(22)19-9-7-18(8-10-19)13-14-4-3-5-15(12-14)21-2/h3-5,12H,6-11,13H2,1-2H3,(H,17,22). The van der Waals surface area contributed by atoms with Gasteiger partial charge in [0.05, 0.1) is 13.7 Å². The first-order valence-electron chi connectivity index (χ1n) is 7.60. The van der Waals surface area contributed by atoms with Crippen LogP contribution in [0.15, 0.2) is 24.3 Å². The molecule has 1 aliphatic rings. The van der Waals surface area contributed by atoms with Crippen molar-refractivity contribution in [2.24, 2.45) is 0 Å². The van der Waals surface area contributed by atoms with E-state index >= 15 is 0 Å². The fraction of sp³-hybridized carbons (Fsp3) is 0.562. The van der Waals surface area contributed by atoms with Gasteiger partial charge in [-0.25, -0.2) is 0 Å². The van der Waals surface area contributed by atoms with E-state index in [0.717, 1.165) is 50.1 Å². The predicted octanol–water partition coefficient (Wildman–Crippen LogP) is 1.33. The molecule has 1 saturated heterocycles. The fourth-order valence-electron chi connectivity index (χ4n) is 2.51. The van der Waals surface area contributed by atoms with Crippen molar-refractivity contribution in [3.05, 3.63) is 29.8 Å². The molecule has 0 bridgehead atoms. The summed E-state index contributed by atoms with van der Waals surface area (Å²) in [6.07, 6.45) is 0. The molecule has 0 spiro atoms. The summed E-state index contributed by atoms with van der Waals surface area (Å²) in [5, 5.41) is 4.06. The third-order valence-electron chi connectivity index (χ3n) is 3.78. The van der Waals surface area contributed by atoms with Gasteiger partial charge in [-0.2, -0.15) is 0 Å². The highest BCUT2D eigenvalue weighted by Gasteiger charge is 2.18. The van der Waals surface area contributed by atoms with Crippen molar-refractivity contribution in [1.82, 2.24) is 15.1 Å². The number of piperazine rings is 1. The molecule has 1 aromatic carbocycles. The monoisotopic (exact) mass is 323 g/mol.